The summed E-state index contributed by atoms with van der Waals surface area (Å²) in [6, 6.07) is 19.3. The summed E-state index contributed by atoms with van der Waals surface area (Å²) in [7, 11) is -7.71. The normalized spacial score (nSPS) is 11.8. The van der Waals surface area contributed by atoms with Gasteiger partial charge in [-0.25, -0.2) is 0 Å². The van der Waals surface area contributed by atoms with Crippen LogP contribution < -0.4 is 27.0 Å². The fourth-order valence-electron chi connectivity index (χ4n) is 7.30. The number of rotatable bonds is 8. The third-order valence-electron chi connectivity index (χ3n) is 11.5. The van der Waals surface area contributed by atoms with Gasteiger partial charge in [-0.05, 0) is 171 Å². The van der Waals surface area contributed by atoms with Crippen LogP contribution in [0.1, 0.15) is 0 Å². The molecule has 0 unspecified atom stereocenters. The smallest absolute Gasteiger partial charge is 0.0904 e. The second-order valence-electron chi connectivity index (χ2n) is 29.9. The van der Waals surface area contributed by atoms with Crippen LogP contribution in [0.2, 0.25) is 196 Å². The zero-order chi connectivity index (χ0) is 66.5. The maximum atomic E-state index is 3.77. The zero-order valence-corrected chi connectivity index (χ0v) is 102. The van der Waals surface area contributed by atoms with E-state index < -0.39 is 48.4 Å². The molecule has 0 aliphatic heterocycles. The first-order valence-corrected chi connectivity index (χ1v) is 73.3. The summed E-state index contributed by atoms with van der Waals surface area (Å²) in [5.74, 6) is 0. The molecule has 0 N–H and O–H groups in total. The second kappa shape index (κ2) is 43.1. The quantitative estimate of drug-likeness (QED) is 0.133. The molecular weight excluding hydrogens is 2690 g/mol. The number of fused-ring (bicyclic) bond motifs is 8. The van der Waals surface area contributed by atoms with E-state index >= 15 is 0 Å². The molecule has 0 bridgehead atoms. The monoisotopic (exact) mass is 2780 g/mol. The summed E-state index contributed by atoms with van der Waals surface area (Å²) < 4.78 is 16.7. The standard InChI is InChI=1S/C28H40S4Si4.C14H20Br2S2Si2.C8H2Br4S2.4C3H9Si.4Th/c1-33(2,3)21-13-17-18-14-22(34(4,5)6)31-27(18)28-20(16-24(32-28)36(10,11)12)19-15-23(35(7,8)9)30-26(19)25(17)29-21;1-19(2,3)11-7-9(15)13(17-11)14-10(16)8-12(18-14)20(4,5)6;9-3-1-5(11)13-7(3)8-4(10)2-6(12)14-8;4*1-4(2)3;;;;/h13-16H,1-12H3;7-8H,1-6H3;1-2H;4*1-3H3;;;;. The van der Waals surface area contributed by atoms with Crippen LogP contribution in [0.3, 0.4) is 0 Å². The molecule has 0 fully saturated rings. The predicted octanol–water partition coefficient (Wildman–Crippen LogP) is 27.2. The summed E-state index contributed by atoms with van der Waals surface area (Å²) in [6.45, 7) is 71.8. The first-order valence-electron chi connectivity index (χ1n) is 29.0. The Morgan fingerprint density at radius 2 is 0.356 bits per heavy atom. The fraction of sp³-hybridized carbons (Fsp3) is 0.484. The van der Waals surface area contributed by atoms with Gasteiger partial charge in [0.15, 0.2) is 0 Å². The number of thiophene rings is 8. The summed E-state index contributed by atoms with van der Waals surface area (Å²) in [4.78, 5) is 11.5. The Kier molecular flexibility index (Phi) is 47.9. The van der Waals surface area contributed by atoms with Gasteiger partial charge in [0.05, 0.1) is 95.0 Å². The van der Waals surface area contributed by atoms with Crippen molar-refractivity contribution in [3.8, 4) is 61.3 Å². The number of halogens is 6. The third kappa shape index (κ3) is 32.2. The van der Waals surface area contributed by atoms with Crippen LogP contribution in [-0.2, 0) is 0 Å². The van der Waals surface area contributed by atoms with Crippen LogP contribution >= 0.6 is 186 Å². The van der Waals surface area contributed by atoms with Crippen molar-refractivity contribution in [2.45, 2.75) is 196 Å². The molecule has 8 aromatic heterocycles. The van der Waals surface area contributed by atoms with Gasteiger partial charge in [-0.3, -0.25) is 0 Å². The summed E-state index contributed by atoms with van der Waals surface area (Å²) in [5.41, 5.74) is 6.08. The molecule has 4 radical (unpaired) electrons. The molecule has 0 aromatic carbocycles. The van der Waals surface area contributed by atoms with Gasteiger partial charge in [0.1, 0.15) is 0 Å². The SMILES string of the molecule is Brc1cc(Br)c(-c2sc(Br)cc2Br)s1.C[Si](C)(C)c1cc(Br)c(-c2sc([Si](C)(C)C)cc2Br)s1.C[Si](C)(C)c1cc2c(s1)-c1sc([Si](C)(C)C)cc1-c1cc([Si](C)(C)C)sc1-c1sc([Si](C)(C)C)cc1-2.C[Si](C)C.C[Si](C)C.C[Si](C)C.C[Si](C)C.[Th].[Th].[Th].[Th]. The molecule has 1 aliphatic carbocycles. The van der Waals surface area contributed by atoms with Crippen LogP contribution in [-0.4, -0.2) is 83.6 Å². The Bertz CT molecular complexity index is 2990. The van der Waals surface area contributed by atoms with E-state index in [1.165, 1.54) is 50.7 Å². The van der Waals surface area contributed by atoms with Crippen molar-refractivity contribution < 1.29 is 160 Å². The fourth-order valence-corrected chi connectivity index (χ4v) is 33.7. The molecule has 0 nitrogen and oxygen atoms in total. The molecule has 8 heterocycles. The Morgan fingerprint density at radius 3 is 0.489 bits per heavy atom. The molecule has 28 heteroatoms. The largest absolute Gasteiger partial charge is 0.143 e. The number of hydrogen-bond donors (Lipinski definition) is 0. The summed E-state index contributed by atoms with van der Waals surface area (Å²) in [5, 5.41) is 0. The van der Waals surface area contributed by atoms with Crippen LogP contribution in [0.5, 0.6) is 0 Å². The van der Waals surface area contributed by atoms with Crippen molar-refractivity contribution in [3.05, 3.63) is 74.0 Å². The molecule has 0 amide bonds. The van der Waals surface area contributed by atoms with Crippen LogP contribution in [0, 0.1) is 160 Å². The summed E-state index contributed by atoms with van der Waals surface area (Å²) in [6.07, 6.45) is 0. The Hall–Kier alpha value is 7.95. The van der Waals surface area contributed by atoms with E-state index in [1.807, 2.05) is 22.7 Å². The van der Waals surface area contributed by atoms with E-state index in [1.54, 1.807) is 69.2 Å². The zero-order valence-electron chi connectivity index (χ0n) is 59.2. The molecular formula is C62H98Br6S8Si10Th4. The van der Waals surface area contributed by atoms with Crippen molar-refractivity contribution in [3.63, 3.8) is 0 Å². The van der Waals surface area contributed by atoms with Crippen molar-refractivity contribution in [2.24, 2.45) is 0 Å². The van der Waals surface area contributed by atoms with Gasteiger partial charge in [-0.1, -0.05) is 196 Å². The van der Waals surface area contributed by atoms with Crippen LogP contribution in [0.15, 0.2) is 74.0 Å². The molecule has 9 rings (SSSR count). The first-order chi connectivity index (χ1) is 38.9. The van der Waals surface area contributed by atoms with E-state index in [-0.39, 0.29) is 195 Å². The van der Waals surface area contributed by atoms with Crippen molar-refractivity contribution >= 4 is 297 Å². The van der Waals surface area contributed by atoms with Gasteiger partial charge < -0.3 is 0 Å². The number of hydrogen-bond acceptors (Lipinski definition) is 8. The first kappa shape index (κ1) is 100.0. The topological polar surface area (TPSA) is 0 Å². The van der Waals surface area contributed by atoms with E-state index in [9.17, 15) is 0 Å². The van der Waals surface area contributed by atoms with Gasteiger partial charge in [-0.15, -0.1) is 90.7 Å². The Labute approximate surface area is 772 Å². The molecule has 0 atom stereocenters. The van der Waals surface area contributed by atoms with E-state index in [0.717, 1.165) is 16.5 Å². The van der Waals surface area contributed by atoms with Gasteiger partial charge >= 0.3 is 0 Å². The molecule has 90 heavy (non-hydrogen) atoms. The maximum Gasteiger partial charge on any atom is 0.0904 e. The molecule has 0 saturated carbocycles. The Balaban J connectivity index is 0. The van der Waals surface area contributed by atoms with Gasteiger partial charge in [-0.2, -0.15) is 0 Å². The minimum absolute atomic E-state index is 0. The average molecular weight is 2790 g/mol. The molecule has 492 valence electrons. The molecule has 8 aromatic rings. The van der Waals surface area contributed by atoms with E-state index in [0.29, 0.717) is 0 Å². The van der Waals surface area contributed by atoms with E-state index in [2.05, 4.69) is 386 Å². The van der Waals surface area contributed by atoms with Crippen molar-refractivity contribution in [1.29, 1.82) is 0 Å². The average Bonchev–Trinajstić information content (AvgIpc) is 2.77. The predicted molar refractivity (Wildman–Crippen MR) is 466 cm³/mol. The van der Waals surface area contributed by atoms with Gasteiger partial charge in [0.2, 0.25) is 0 Å². The minimum atomic E-state index is -1.43. The second-order valence-corrected chi connectivity index (χ2v) is 88.9. The molecule has 0 saturated heterocycles. The van der Waals surface area contributed by atoms with Crippen molar-refractivity contribution in [1.82, 2.24) is 0 Å². The van der Waals surface area contributed by atoms with E-state index in [4.69, 9.17) is 0 Å². The van der Waals surface area contributed by atoms with Gasteiger partial charge in [0.25, 0.3) is 0 Å². The van der Waals surface area contributed by atoms with Crippen LogP contribution in [0.25, 0.3) is 61.3 Å². The maximum absolute atomic E-state index is 3.77. The van der Waals surface area contributed by atoms with Crippen molar-refractivity contribution in [2.75, 3.05) is 0 Å². The summed E-state index contributed by atoms with van der Waals surface area (Å²) >= 11 is 37.4. The third-order valence-corrected chi connectivity index (χ3v) is 47.2. The van der Waals surface area contributed by atoms with Crippen LogP contribution in [0.4, 0.5) is 0 Å². The Morgan fingerprint density at radius 1 is 0.222 bits per heavy atom. The van der Waals surface area contributed by atoms with Gasteiger partial charge in [0, 0.05) is 235 Å². The molecule has 1 aliphatic rings. The minimum Gasteiger partial charge on any atom is -0.143 e. The molecule has 0 spiro atoms.